The number of hydrogen-bond acceptors (Lipinski definition) is 2. The van der Waals surface area contributed by atoms with Gasteiger partial charge < -0.3 is 8.82 Å². The zero-order valence-corrected chi connectivity index (χ0v) is 13.9. The summed E-state index contributed by atoms with van der Waals surface area (Å²) in [5.41, 5.74) is 4.52. The highest BCUT2D eigenvalue weighted by molar-refractivity contribution is 5.93. The molecule has 0 saturated heterocycles. The zero-order valence-electron chi connectivity index (χ0n) is 13.9. The number of pyridine rings is 1. The average Bonchev–Trinajstić information content (AvgIpc) is 3.12. The molecule has 3 heteroatoms. The molecule has 0 aliphatic rings. The summed E-state index contributed by atoms with van der Waals surface area (Å²) in [5, 5.41) is 0.595. The summed E-state index contributed by atoms with van der Waals surface area (Å²) in [6.07, 6.45) is 4.06. The van der Waals surface area contributed by atoms with Gasteiger partial charge in [0.15, 0.2) is 5.43 Å². The molecule has 0 N–H and O–H groups in total. The Morgan fingerprint density at radius 2 is 1.62 bits per heavy atom. The molecule has 0 unspecified atom stereocenters. The lowest BCUT2D eigenvalue weighted by atomic mass is 10.0. The quantitative estimate of drug-likeness (QED) is 0.433. The lowest BCUT2D eigenvalue weighted by Gasteiger charge is -2.07. The topological polar surface area (TPSA) is 34.6 Å². The molecule has 0 fully saturated rings. The van der Waals surface area contributed by atoms with Gasteiger partial charge in [-0.25, -0.2) is 0 Å². The molecule has 0 aliphatic carbocycles. The fraction of sp³-hybridized carbons (Fsp3) is 0. The van der Waals surface area contributed by atoms with E-state index in [0.29, 0.717) is 16.7 Å². The van der Waals surface area contributed by atoms with Gasteiger partial charge in [0.1, 0.15) is 11.3 Å². The van der Waals surface area contributed by atoms with Gasteiger partial charge in [-0.05, 0) is 24.3 Å². The highest BCUT2D eigenvalue weighted by Gasteiger charge is 2.13. The molecule has 0 saturated carbocycles. The average molecular weight is 337 g/mol. The number of hydrogen-bond donors (Lipinski definition) is 0. The first kappa shape index (κ1) is 14.7. The lowest BCUT2D eigenvalue weighted by molar-refractivity contribution is 0.620. The number of nitrogens with zero attached hydrogens (tertiary/aromatic N) is 1. The van der Waals surface area contributed by atoms with Gasteiger partial charge in [-0.1, -0.05) is 48.5 Å². The summed E-state index contributed by atoms with van der Waals surface area (Å²) in [5.74, 6) is 0.583. The minimum atomic E-state index is -0.0317. The molecule has 0 radical (unpaired) electrons. The summed E-state index contributed by atoms with van der Waals surface area (Å²) in [7, 11) is 0. The van der Waals surface area contributed by atoms with Crippen molar-refractivity contribution in [3.8, 4) is 22.5 Å². The highest BCUT2D eigenvalue weighted by Crippen LogP contribution is 2.31. The van der Waals surface area contributed by atoms with Gasteiger partial charge in [-0.2, -0.15) is 0 Å². The fourth-order valence-corrected chi connectivity index (χ4v) is 3.35. The van der Waals surface area contributed by atoms with Crippen molar-refractivity contribution in [3.63, 3.8) is 0 Å². The summed E-state index contributed by atoms with van der Waals surface area (Å²) in [6.45, 7) is 0. The normalized spacial score (nSPS) is 11.2. The Bertz CT molecular complexity index is 1260. The van der Waals surface area contributed by atoms with Gasteiger partial charge in [0.2, 0.25) is 0 Å². The maximum absolute atomic E-state index is 12.7. The van der Waals surface area contributed by atoms with Gasteiger partial charge in [-0.15, -0.1) is 0 Å². The molecule has 0 amide bonds. The lowest BCUT2D eigenvalue weighted by Crippen LogP contribution is -2.01. The van der Waals surface area contributed by atoms with E-state index >= 15 is 0 Å². The Balaban J connectivity index is 1.80. The maximum Gasteiger partial charge on any atom is 0.193 e. The van der Waals surface area contributed by atoms with Gasteiger partial charge in [0.05, 0.1) is 5.39 Å². The highest BCUT2D eigenvalue weighted by atomic mass is 16.3. The standard InChI is InChI=1S/C23H15NO2/c25-21-14-22(16-7-2-1-3-8-16)26-23-19(10-6-11-20(21)23)17-13-18-9-4-5-12-24(18)15-17/h1-15H. The van der Waals surface area contributed by atoms with Crippen LogP contribution in [0.2, 0.25) is 0 Å². The Kier molecular flexibility index (Phi) is 3.25. The van der Waals surface area contributed by atoms with Crippen LogP contribution < -0.4 is 5.43 Å². The van der Waals surface area contributed by atoms with Crippen LogP contribution in [0.5, 0.6) is 0 Å². The Morgan fingerprint density at radius 1 is 0.769 bits per heavy atom. The molecule has 0 spiro atoms. The minimum absolute atomic E-state index is 0.0317. The second-order valence-corrected chi connectivity index (χ2v) is 6.28. The Hall–Kier alpha value is -3.59. The molecule has 2 aromatic carbocycles. The molecule has 0 atom stereocenters. The molecule has 0 bridgehead atoms. The van der Waals surface area contributed by atoms with Crippen LogP contribution in [0, 0.1) is 0 Å². The molecule has 5 rings (SSSR count). The van der Waals surface area contributed by atoms with Gasteiger partial charge in [0, 0.05) is 40.7 Å². The third-order valence-corrected chi connectivity index (χ3v) is 4.63. The van der Waals surface area contributed by atoms with E-state index in [1.54, 1.807) is 6.07 Å². The van der Waals surface area contributed by atoms with E-state index in [4.69, 9.17) is 4.42 Å². The van der Waals surface area contributed by atoms with Crippen molar-refractivity contribution in [1.82, 2.24) is 4.40 Å². The zero-order chi connectivity index (χ0) is 17.5. The smallest absolute Gasteiger partial charge is 0.193 e. The first-order valence-electron chi connectivity index (χ1n) is 8.49. The van der Waals surface area contributed by atoms with Crippen LogP contribution in [0.1, 0.15) is 0 Å². The molecule has 3 aromatic heterocycles. The third-order valence-electron chi connectivity index (χ3n) is 4.63. The Morgan fingerprint density at radius 3 is 2.46 bits per heavy atom. The van der Waals surface area contributed by atoms with E-state index in [1.807, 2.05) is 66.9 Å². The van der Waals surface area contributed by atoms with Crippen molar-refractivity contribution in [2.45, 2.75) is 0 Å². The van der Waals surface area contributed by atoms with Crippen molar-refractivity contribution in [3.05, 3.63) is 101 Å². The predicted molar refractivity (Wildman–Crippen MR) is 104 cm³/mol. The van der Waals surface area contributed by atoms with E-state index in [0.717, 1.165) is 22.2 Å². The van der Waals surface area contributed by atoms with Crippen LogP contribution in [0.15, 0.2) is 100 Å². The SMILES string of the molecule is O=c1cc(-c2ccccc2)oc2c(-c3cc4ccccn4c3)cccc12. The van der Waals surface area contributed by atoms with Crippen molar-refractivity contribution < 1.29 is 4.42 Å². The van der Waals surface area contributed by atoms with Crippen LogP contribution >= 0.6 is 0 Å². The summed E-state index contributed by atoms with van der Waals surface area (Å²) in [4.78, 5) is 12.7. The number of benzene rings is 2. The number of rotatable bonds is 2. The third kappa shape index (κ3) is 2.33. The molecular formula is C23H15NO2. The Labute approximate surface area is 149 Å². The van der Waals surface area contributed by atoms with Crippen LogP contribution in [-0.4, -0.2) is 4.40 Å². The van der Waals surface area contributed by atoms with E-state index in [2.05, 4.69) is 22.7 Å². The van der Waals surface area contributed by atoms with Crippen LogP contribution in [0.25, 0.3) is 38.9 Å². The largest absolute Gasteiger partial charge is 0.455 e. The molecule has 3 nitrogen and oxygen atoms in total. The summed E-state index contributed by atoms with van der Waals surface area (Å²) >= 11 is 0. The van der Waals surface area contributed by atoms with Gasteiger partial charge in [0.25, 0.3) is 0 Å². The number of aromatic nitrogens is 1. The van der Waals surface area contributed by atoms with E-state index in [9.17, 15) is 4.79 Å². The second-order valence-electron chi connectivity index (χ2n) is 6.28. The molecule has 5 aromatic rings. The van der Waals surface area contributed by atoms with Gasteiger partial charge in [-0.3, -0.25) is 4.79 Å². The molecule has 3 heterocycles. The fourth-order valence-electron chi connectivity index (χ4n) is 3.35. The second kappa shape index (κ2) is 5.74. The number of para-hydroxylation sites is 1. The van der Waals surface area contributed by atoms with E-state index < -0.39 is 0 Å². The molecule has 0 aliphatic heterocycles. The first-order valence-corrected chi connectivity index (χ1v) is 8.49. The van der Waals surface area contributed by atoms with Crippen LogP contribution in [0.3, 0.4) is 0 Å². The van der Waals surface area contributed by atoms with Crippen molar-refractivity contribution in [2.75, 3.05) is 0 Å². The van der Waals surface area contributed by atoms with Crippen molar-refractivity contribution >= 4 is 16.5 Å². The summed E-state index contributed by atoms with van der Waals surface area (Å²) < 4.78 is 8.26. The van der Waals surface area contributed by atoms with E-state index in [1.165, 1.54) is 0 Å². The van der Waals surface area contributed by atoms with Crippen molar-refractivity contribution in [2.24, 2.45) is 0 Å². The minimum Gasteiger partial charge on any atom is -0.455 e. The van der Waals surface area contributed by atoms with E-state index in [-0.39, 0.29) is 5.43 Å². The monoisotopic (exact) mass is 337 g/mol. The van der Waals surface area contributed by atoms with Gasteiger partial charge >= 0.3 is 0 Å². The van der Waals surface area contributed by atoms with Crippen LogP contribution in [0.4, 0.5) is 0 Å². The first-order chi connectivity index (χ1) is 12.8. The summed E-state index contributed by atoms with van der Waals surface area (Å²) in [6, 6.07) is 25.1. The molecule has 124 valence electrons. The number of fused-ring (bicyclic) bond motifs is 2. The molecule has 26 heavy (non-hydrogen) atoms. The maximum atomic E-state index is 12.7. The molecular weight excluding hydrogens is 322 g/mol. The van der Waals surface area contributed by atoms with Crippen LogP contribution in [-0.2, 0) is 0 Å². The van der Waals surface area contributed by atoms with Crippen molar-refractivity contribution in [1.29, 1.82) is 0 Å². The predicted octanol–water partition coefficient (Wildman–Crippen LogP) is 5.38.